The lowest BCUT2D eigenvalue weighted by Gasteiger charge is -2.39. The number of halogens is 3. The van der Waals surface area contributed by atoms with Gasteiger partial charge in [0.1, 0.15) is 0 Å². The van der Waals surface area contributed by atoms with Gasteiger partial charge in [-0.2, -0.15) is 0 Å². The van der Waals surface area contributed by atoms with Gasteiger partial charge in [-0.05, 0) is 55.7 Å². The molecule has 10 heteroatoms. The van der Waals surface area contributed by atoms with Crippen molar-refractivity contribution in [2.75, 3.05) is 56.0 Å². The molecule has 2 fully saturated rings. The van der Waals surface area contributed by atoms with E-state index in [9.17, 15) is 9.59 Å². The monoisotopic (exact) mass is 551 g/mol. The molecule has 0 aromatic heterocycles. The van der Waals surface area contributed by atoms with Crippen LogP contribution in [-0.4, -0.2) is 67.4 Å². The molecule has 2 aliphatic rings. The molecule has 0 aliphatic carbocycles. The second-order valence-electron chi connectivity index (χ2n) is 9.53. The van der Waals surface area contributed by atoms with E-state index in [1.165, 1.54) is 0 Å². The smallest absolute Gasteiger partial charge is 0.231 e. The Morgan fingerprint density at radius 1 is 0.972 bits per heavy atom. The highest BCUT2D eigenvalue weighted by atomic mass is 35.5. The first kappa shape index (κ1) is 26.9. The molecule has 2 saturated heterocycles. The lowest BCUT2D eigenvalue weighted by Crippen LogP contribution is -2.52. The van der Waals surface area contributed by atoms with E-state index >= 15 is 0 Å². The quantitative estimate of drug-likeness (QED) is 0.522. The van der Waals surface area contributed by atoms with Crippen LogP contribution in [0.3, 0.4) is 0 Å². The van der Waals surface area contributed by atoms with E-state index in [2.05, 4.69) is 16.3 Å². The van der Waals surface area contributed by atoms with Crippen LogP contribution in [0.4, 0.5) is 11.4 Å². The maximum atomic E-state index is 13.1. The Morgan fingerprint density at radius 2 is 1.67 bits per heavy atom. The summed E-state index contributed by atoms with van der Waals surface area (Å²) in [5, 5.41) is 5.31. The van der Waals surface area contributed by atoms with E-state index in [4.69, 9.17) is 40.5 Å². The lowest BCUT2D eigenvalue weighted by molar-refractivity contribution is -0.138. The number of hydrogen-bond acceptors (Lipinski definition) is 5. The molecule has 36 heavy (non-hydrogen) atoms. The van der Waals surface area contributed by atoms with E-state index in [-0.39, 0.29) is 30.3 Å². The van der Waals surface area contributed by atoms with Crippen molar-refractivity contribution in [2.24, 2.45) is 11.7 Å². The van der Waals surface area contributed by atoms with Crippen molar-refractivity contribution in [3.8, 4) is 0 Å². The summed E-state index contributed by atoms with van der Waals surface area (Å²) in [4.78, 5) is 30.5. The number of piperidine rings is 1. The number of amides is 2. The Bertz CT molecular complexity index is 1100. The molecule has 2 heterocycles. The van der Waals surface area contributed by atoms with E-state index < -0.39 is 0 Å². The first-order valence-electron chi connectivity index (χ1n) is 12.3. The maximum Gasteiger partial charge on any atom is 0.231 e. The van der Waals surface area contributed by atoms with Gasteiger partial charge in [0.15, 0.2) is 0 Å². The molecule has 2 amide bonds. The number of hydrogen-bond donors (Lipinski definition) is 2. The molecule has 2 aliphatic heterocycles. The average molecular weight is 553 g/mol. The van der Waals surface area contributed by atoms with Crippen molar-refractivity contribution in [3.63, 3.8) is 0 Å². The van der Waals surface area contributed by atoms with Crippen LogP contribution < -0.4 is 16.0 Å². The Kier molecular flexibility index (Phi) is 8.88. The molecule has 0 saturated carbocycles. The number of nitrogens with one attached hydrogen (secondary N) is 1. The summed E-state index contributed by atoms with van der Waals surface area (Å²) in [7, 11) is 0. The van der Waals surface area contributed by atoms with Crippen LogP contribution in [0.15, 0.2) is 36.4 Å². The zero-order chi connectivity index (χ0) is 25.8. The first-order chi connectivity index (χ1) is 17.2. The zero-order valence-electron chi connectivity index (χ0n) is 20.4. The van der Waals surface area contributed by atoms with Gasteiger partial charge in [-0.25, -0.2) is 0 Å². The number of carbonyl (C=O) groups excluding carboxylic acids is 2. The van der Waals surface area contributed by atoms with Crippen LogP contribution in [0.5, 0.6) is 0 Å². The third kappa shape index (κ3) is 6.57. The number of carbonyl (C=O) groups is 2. The molecule has 1 atom stereocenters. The van der Waals surface area contributed by atoms with E-state index in [0.717, 1.165) is 42.9 Å². The highest BCUT2D eigenvalue weighted by Crippen LogP contribution is 2.34. The molecule has 194 valence electrons. The normalized spacial score (nSPS) is 18.2. The number of piperazine rings is 1. The van der Waals surface area contributed by atoms with Gasteiger partial charge in [-0.1, -0.05) is 40.9 Å². The van der Waals surface area contributed by atoms with Crippen molar-refractivity contribution in [3.05, 3.63) is 57.0 Å². The van der Waals surface area contributed by atoms with Crippen LogP contribution in [0.25, 0.3) is 0 Å². The molecule has 1 unspecified atom stereocenters. The van der Waals surface area contributed by atoms with Crippen molar-refractivity contribution in [2.45, 2.75) is 25.8 Å². The molecule has 0 spiro atoms. The van der Waals surface area contributed by atoms with Gasteiger partial charge < -0.3 is 20.9 Å². The number of rotatable bonds is 7. The minimum atomic E-state index is -0.328. The standard InChI is InChI=1S/C26H32Cl3N5O2/c1-17(21-4-2-19(27)14-23(21)29)31-24-15-20(3-5-22(24)28)33-8-6-18(7-9-33)26(36)34-12-10-32(11-13-34)16-25(30)35/h2-5,14-15,17-18,31H,6-13,16H2,1H3,(H2,30,35). The topological polar surface area (TPSA) is 81.9 Å². The summed E-state index contributed by atoms with van der Waals surface area (Å²) in [6.07, 6.45) is 1.62. The van der Waals surface area contributed by atoms with Crippen LogP contribution in [-0.2, 0) is 9.59 Å². The Balaban J connectivity index is 1.33. The molecule has 0 radical (unpaired) electrons. The summed E-state index contributed by atoms with van der Waals surface area (Å²) in [6, 6.07) is 11.4. The molecular formula is C26H32Cl3N5O2. The van der Waals surface area contributed by atoms with Crippen molar-refractivity contribution in [1.29, 1.82) is 0 Å². The summed E-state index contributed by atoms with van der Waals surface area (Å²) in [5.41, 5.74) is 8.13. The fourth-order valence-electron chi connectivity index (χ4n) is 4.97. The van der Waals surface area contributed by atoms with Gasteiger partial charge in [-0.15, -0.1) is 0 Å². The van der Waals surface area contributed by atoms with Crippen LogP contribution >= 0.6 is 34.8 Å². The second-order valence-corrected chi connectivity index (χ2v) is 10.8. The number of primary amides is 1. The minimum absolute atomic E-state index is 0.0286. The Labute approximate surface area is 227 Å². The fraction of sp³-hybridized carbons (Fsp3) is 0.462. The van der Waals surface area contributed by atoms with Crippen molar-refractivity contribution >= 4 is 58.0 Å². The minimum Gasteiger partial charge on any atom is -0.377 e. The predicted molar refractivity (Wildman–Crippen MR) is 147 cm³/mol. The number of anilines is 2. The Morgan fingerprint density at radius 3 is 2.31 bits per heavy atom. The van der Waals surface area contributed by atoms with Crippen LogP contribution in [0.2, 0.25) is 15.1 Å². The molecule has 7 nitrogen and oxygen atoms in total. The highest BCUT2D eigenvalue weighted by Gasteiger charge is 2.31. The lowest BCUT2D eigenvalue weighted by atomic mass is 9.94. The summed E-state index contributed by atoms with van der Waals surface area (Å²) in [5.74, 6) is -0.0765. The van der Waals surface area contributed by atoms with Crippen LogP contribution in [0.1, 0.15) is 31.4 Å². The van der Waals surface area contributed by atoms with Crippen molar-refractivity contribution < 1.29 is 9.59 Å². The first-order valence-corrected chi connectivity index (χ1v) is 13.4. The van der Waals surface area contributed by atoms with E-state index in [1.807, 2.05) is 41.0 Å². The molecule has 2 aromatic carbocycles. The molecular weight excluding hydrogens is 521 g/mol. The van der Waals surface area contributed by atoms with Crippen molar-refractivity contribution in [1.82, 2.24) is 9.80 Å². The van der Waals surface area contributed by atoms with Gasteiger partial charge in [0.05, 0.1) is 23.3 Å². The van der Waals surface area contributed by atoms with Gasteiger partial charge in [-0.3, -0.25) is 14.5 Å². The molecule has 0 bridgehead atoms. The summed E-state index contributed by atoms with van der Waals surface area (Å²) < 4.78 is 0. The molecule has 2 aromatic rings. The summed E-state index contributed by atoms with van der Waals surface area (Å²) in [6.45, 7) is 6.56. The summed E-state index contributed by atoms with van der Waals surface area (Å²) >= 11 is 18.9. The SMILES string of the molecule is CC(Nc1cc(N2CCC(C(=O)N3CCN(CC(N)=O)CC3)CC2)ccc1Cl)c1ccc(Cl)cc1Cl. The zero-order valence-corrected chi connectivity index (χ0v) is 22.6. The second kappa shape index (κ2) is 11.9. The Hall–Kier alpha value is -2.19. The third-order valence-corrected chi connectivity index (χ3v) is 7.92. The highest BCUT2D eigenvalue weighted by molar-refractivity contribution is 6.35. The molecule has 3 N–H and O–H groups in total. The van der Waals surface area contributed by atoms with Gasteiger partial charge >= 0.3 is 0 Å². The predicted octanol–water partition coefficient (Wildman–Crippen LogP) is 4.67. The number of nitrogens with two attached hydrogens (primary N) is 1. The molecule has 4 rings (SSSR count). The van der Waals surface area contributed by atoms with E-state index in [1.54, 1.807) is 6.07 Å². The van der Waals surface area contributed by atoms with Gasteiger partial charge in [0.25, 0.3) is 0 Å². The number of benzene rings is 2. The van der Waals surface area contributed by atoms with Gasteiger partial charge in [0, 0.05) is 60.9 Å². The van der Waals surface area contributed by atoms with Gasteiger partial charge in [0.2, 0.25) is 11.8 Å². The van der Waals surface area contributed by atoms with E-state index in [0.29, 0.717) is 41.2 Å². The van der Waals surface area contributed by atoms with Crippen LogP contribution in [0, 0.1) is 5.92 Å². The maximum absolute atomic E-state index is 13.1. The number of nitrogens with zero attached hydrogens (tertiary/aromatic N) is 3. The fourth-order valence-corrected chi connectivity index (χ4v) is 5.72. The third-order valence-electron chi connectivity index (χ3n) is 7.02. The average Bonchev–Trinajstić information content (AvgIpc) is 2.85. The largest absolute Gasteiger partial charge is 0.377 e.